The molecule has 1 aromatic heterocycles. The number of nitrogens with two attached hydrogens (primary N) is 1. The fourth-order valence-electron chi connectivity index (χ4n) is 1.24. The Morgan fingerprint density at radius 3 is 2.63 bits per heavy atom. The number of thioether (sulfide) groups is 1. The van der Waals surface area contributed by atoms with Gasteiger partial charge >= 0.3 is 11.4 Å². The average Bonchev–Trinajstić information content (AvgIpc) is 2.33. The molecule has 1 unspecified atom stereocenters. The summed E-state index contributed by atoms with van der Waals surface area (Å²) in [5.41, 5.74) is -0.667. The maximum atomic E-state index is 11.8. The summed E-state index contributed by atoms with van der Waals surface area (Å²) in [6, 6.07) is 0. The highest BCUT2D eigenvalue weighted by Gasteiger charge is 2.26. The zero-order valence-corrected chi connectivity index (χ0v) is 12.3. The van der Waals surface area contributed by atoms with E-state index in [4.69, 9.17) is 17.0 Å². The lowest BCUT2D eigenvalue weighted by Gasteiger charge is -2.25. The first kappa shape index (κ1) is 15.4. The molecule has 2 N–H and O–H groups in total. The van der Waals surface area contributed by atoms with E-state index in [9.17, 15) is 4.79 Å². The highest BCUT2D eigenvalue weighted by molar-refractivity contribution is 8.00. The van der Waals surface area contributed by atoms with Crippen LogP contribution >= 0.6 is 11.8 Å². The summed E-state index contributed by atoms with van der Waals surface area (Å²) >= 11 is 1.24. The van der Waals surface area contributed by atoms with E-state index < -0.39 is 5.56 Å². The molecule has 1 heterocycles. The molecule has 0 radical (unpaired) electrons. The molecule has 0 spiro atoms. The van der Waals surface area contributed by atoms with Gasteiger partial charge in [-0.3, -0.25) is 4.79 Å². The molecule has 1 aromatic rings. The quantitative estimate of drug-likeness (QED) is 0.502. The fraction of sp³-hybridized carbons (Fsp3) is 0.583. The van der Waals surface area contributed by atoms with Crippen LogP contribution < -0.4 is 16.1 Å². The monoisotopic (exact) mass is 282 g/mol. The fourth-order valence-corrected chi connectivity index (χ4v) is 2.16. The SMILES string of the molecule is C#CC(Sc1nnc(OCC)c(=O)n1N)C(C)(C)C. The number of hydrogen-bond donors (Lipinski definition) is 1. The second-order valence-corrected chi connectivity index (χ2v) is 6.00. The van der Waals surface area contributed by atoms with Crippen LogP contribution in [0.1, 0.15) is 27.7 Å². The average molecular weight is 282 g/mol. The van der Waals surface area contributed by atoms with Gasteiger partial charge in [-0.1, -0.05) is 38.5 Å². The van der Waals surface area contributed by atoms with Gasteiger partial charge in [-0.05, 0) is 12.3 Å². The Hall–Kier alpha value is -1.68. The highest BCUT2D eigenvalue weighted by Crippen LogP contribution is 2.33. The van der Waals surface area contributed by atoms with Crippen LogP contribution in [0.3, 0.4) is 0 Å². The molecule has 19 heavy (non-hydrogen) atoms. The molecule has 0 saturated carbocycles. The third-order valence-corrected chi connectivity index (χ3v) is 3.84. The van der Waals surface area contributed by atoms with Crippen LogP contribution in [0.15, 0.2) is 9.95 Å². The van der Waals surface area contributed by atoms with Gasteiger partial charge in [0.2, 0.25) is 5.16 Å². The lowest BCUT2D eigenvalue weighted by Crippen LogP contribution is -2.33. The first-order chi connectivity index (χ1) is 8.81. The van der Waals surface area contributed by atoms with Gasteiger partial charge in [0.15, 0.2) is 0 Å². The molecule has 0 amide bonds. The number of aromatic nitrogens is 3. The van der Waals surface area contributed by atoms with E-state index in [-0.39, 0.29) is 21.7 Å². The molecule has 6 nitrogen and oxygen atoms in total. The van der Waals surface area contributed by atoms with Gasteiger partial charge in [0.1, 0.15) is 0 Å². The number of ether oxygens (including phenoxy) is 1. The smallest absolute Gasteiger partial charge is 0.335 e. The molecule has 0 saturated heterocycles. The van der Waals surface area contributed by atoms with Crippen molar-refractivity contribution in [2.24, 2.45) is 5.41 Å². The number of hydrogen-bond acceptors (Lipinski definition) is 6. The van der Waals surface area contributed by atoms with Gasteiger partial charge < -0.3 is 10.6 Å². The zero-order valence-electron chi connectivity index (χ0n) is 11.5. The summed E-state index contributed by atoms with van der Waals surface area (Å²) in [4.78, 5) is 11.8. The van der Waals surface area contributed by atoms with Gasteiger partial charge in [-0.25, -0.2) is 0 Å². The third-order valence-electron chi connectivity index (χ3n) is 2.28. The molecular weight excluding hydrogens is 264 g/mol. The molecule has 0 aromatic carbocycles. The number of rotatable bonds is 4. The van der Waals surface area contributed by atoms with E-state index in [1.165, 1.54) is 11.8 Å². The summed E-state index contributed by atoms with van der Waals surface area (Å²) in [6.45, 7) is 8.09. The van der Waals surface area contributed by atoms with Crippen molar-refractivity contribution in [2.45, 2.75) is 38.1 Å². The molecular formula is C12H18N4O2S. The van der Waals surface area contributed by atoms with Crippen molar-refractivity contribution < 1.29 is 4.74 Å². The molecule has 0 aliphatic heterocycles. The lowest BCUT2D eigenvalue weighted by molar-refractivity contribution is 0.310. The molecule has 0 aliphatic rings. The zero-order chi connectivity index (χ0) is 14.6. The second-order valence-electron chi connectivity index (χ2n) is 4.93. The van der Waals surface area contributed by atoms with Crippen molar-refractivity contribution in [2.75, 3.05) is 12.4 Å². The maximum Gasteiger partial charge on any atom is 0.335 e. The Morgan fingerprint density at radius 1 is 1.53 bits per heavy atom. The molecule has 0 aliphatic carbocycles. The van der Waals surface area contributed by atoms with E-state index in [0.717, 1.165) is 4.68 Å². The van der Waals surface area contributed by atoms with E-state index >= 15 is 0 Å². The van der Waals surface area contributed by atoms with Crippen LogP contribution in [-0.2, 0) is 0 Å². The summed E-state index contributed by atoms with van der Waals surface area (Å²) in [7, 11) is 0. The molecule has 7 heteroatoms. The highest BCUT2D eigenvalue weighted by atomic mass is 32.2. The summed E-state index contributed by atoms with van der Waals surface area (Å²) in [6.07, 6.45) is 5.50. The minimum atomic E-state index is -0.524. The molecule has 1 atom stereocenters. The number of terminal acetylenes is 1. The van der Waals surface area contributed by atoms with Gasteiger partial charge in [-0.15, -0.1) is 16.6 Å². The Bertz CT molecular complexity index is 542. The standard InChI is InChI=1S/C12H18N4O2S/c1-6-8(12(3,4)5)19-11-15-14-9(18-7-2)10(17)16(11)13/h1,8H,7,13H2,2-5H3. The van der Waals surface area contributed by atoms with Gasteiger partial charge in [-0.2, -0.15) is 4.68 Å². The van der Waals surface area contributed by atoms with Crippen LogP contribution in [0.5, 0.6) is 5.88 Å². The normalized spacial score (nSPS) is 12.8. The van der Waals surface area contributed by atoms with Crippen molar-refractivity contribution in [3.8, 4) is 18.2 Å². The van der Waals surface area contributed by atoms with Crippen LogP contribution in [0.4, 0.5) is 0 Å². The summed E-state index contributed by atoms with van der Waals surface area (Å²) in [5.74, 6) is 8.25. The van der Waals surface area contributed by atoms with Gasteiger partial charge in [0, 0.05) is 0 Å². The van der Waals surface area contributed by atoms with Crippen molar-refractivity contribution in [1.82, 2.24) is 14.9 Å². The number of nitrogen functional groups attached to an aromatic ring is 1. The Labute approximate surface area is 116 Å². The first-order valence-corrected chi connectivity index (χ1v) is 6.69. The Balaban J connectivity index is 3.08. The predicted molar refractivity (Wildman–Crippen MR) is 75.5 cm³/mol. The molecule has 0 bridgehead atoms. The van der Waals surface area contributed by atoms with Crippen molar-refractivity contribution in [3.05, 3.63) is 10.4 Å². The lowest BCUT2D eigenvalue weighted by atomic mass is 9.92. The predicted octanol–water partition coefficient (Wildman–Crippen LogP) is 0.891. The minimum Gasteiger partial charge on any atom is -0.473 e. The van der Waals surface area contributed by atoms with Crippen molar-refractivity contribution in [1.29, 1.82) is 0 Å². The van der Waals surface area contributed by atoms with E-state index in [1.807, 2.05) is 20.8 Å². The molecule has 1 rings (SSSR count). The summed E-state index contributed by atoms with van der Waals surface area (Å²) < 4.78 is 5.95. The molecule has 104 valence electrons. The van der Waals surface area contributed by atoms with Crippen LogP contribution in [0, 0.1) is 17.8 Å². The molecule has 0 fully saturated rings. The van der Waals surface area contributed by atoms with E-state index in [2.05, 4.69) is 16.1 Å². The second kappa shape index (κ2) is 5.97. The number of nitrogens with zero attached hydrogens (tertiary/aromatic N) is 3. The van der Waals surface area contributed by atoms with Crippen molar-refractivity contribution in [3.63, 3.8) is 0 Å². The topological polar surface area (TPSA) is 83.0 Å². The van der Waals surface area contributed by atoms with E-state index in [1.54, 1.807) is 6.92 Å². The Kier molecular flexibility index (Phi) is 4.84. The minimum absolute atomic E-state index is 0.109. The largest absolute Gasteiger partial charge is 0.473 e. The summed E-state index contributed by atoms with van der Waals surface area (Å²) in [5, 5.41) is 7.71. The van der Waals surface area contributed by atoms with Gasteiger partial charge in [0.25, 0.3) is 0 Å². The van der Waals surface area contributed by atoms with Crippen LogP contribution in [0.25, 0.3) is 0 Å². The third kappa shape index (κ3) is 3.64. The van der Waals surface area contributed by atoms with Crippen molar-refractivity contribution >= 4 is 11.8 Å². The Morgan fingerprint density at radius 2 is 2.16 bits per heavy atom. The first-order valence-electron chi connectivity index (χ1n) is 5.81. The van der Waals surface area contributed by atoms with E-state index in [0.29, 0.717) is 6.61 Å². The van der Waals surface area contributed by atoms with Crippen LogP contribution in [-0.4, -0.2) is 26.7 Å². The van der Waals surface area contributed by atoms with Crippen LogP contribution in [0.2, 0.25) is 0 Å². The van der Waals surface area contributed by atoms with Gasteiger partial charge in [0.05, 0.1) is 11.9 Å². The maximum absolute atomic E-state index is 11.8.